The van der Waals surface area contributed by atoms with Gasteiger partial charge >= 0.3 is 0 Å². The van der Waals surface area contributed by atoms with E-state index in [-0.39, 0.29) is 5.41 Å². The molecule has 1 aromatic carbocycles. The molecule has 2 aliphatic rings. The SMILES string of the molecule is Nc1nc(N2CCC3(CCCC3N)CC2)n2ncnc2c1Sc1cccc(Cl)c1Cl. The number of fused-ring (bicyclic) bond motifs is 1. The van der Waals surface area contributed by atoms with E-state index in [9.17, 15) is 0 Å². The number of nitrogens with two attached hydrogens (primary N) is 2. The zero-order chi connectivity index (χ0) is 20.9. The van der Waals surface area contributed by atoms with Crippen molar-refractivity contribution in [2.24, 2.45) is 11.1 Å². The molecule has 5 rings (SSSR count). The number of piperidine rings is 1. The van der Waals surface area contributed by atoms with Crippen LogP contribution in [0.25, 0.3) is 5.65 Å². The van der Waals surface area contributed by atoms with Crippen molar-refractivity contribution in [3.8, 4) is 0 Å². The third-order valence-corrected chi connectivity index (χ3v) is 8.63. The second-order valence-electron chi connectivity index (χ2n) is 8.12. The predicted molar refractivity (Wildman–Crippen MR) is 121 cm³/mol. The molecule has 4 N–H and O–H groups in total. The van der Waals surface area contributed by atoms with E-state index < -0.39 is 0 Å². The Hall–Kier alpha value is -1.74. The summed E-state index contributed by atoms with van der Waals surface area (Å²) in [4.78, 5) is 12.9. The molecule has 3 heterocycles. The van der Waals surface area contributed by atoms with E-state index in [2.05, 4.69) is 15.0 Å². The molecule has 3 aromatic rings. The zero-order valence-corrected chi connectivity index (χ0v) is 18.7. The summed E-state index contributed by atoms with van der Waals surface area (Å²) in [6.45, 7) is 1.78. The Morgan fingerprint density at radius 3 is 2.70 bits per heavy atom. The summed E-state index contributed by atoms with van der Waals surface area (Å²) in [6, 6.07) is 5.82. The smallest absolute Gasteiger partial charge is 0.230 e. The van der Waals surface area contributed by atoms with Gasteiger partial charge in [-0.3, -0.25) is 0 Å². The zero-order valence-electron chi connectivity index (χ0n) is 16.4. The molecule has 1 atom stereocenters. The summed E-state index contributed by atoms with van der Waals surface area (Å²) in [7, 11) is 0. The van der Waals surface area contributed by atoms with Gasteiger partial charge in [0.2, 0.25) is 5.95 Å². The lowest BCUT2D eigenvalue weighted by Crippen LogP contribution is -2.47. The standard InChI is InChI=1S/C20H23Cl2N7S/c21-12-3-1-4-13(15(12)22)30-16-17(24)27-19(29-18(16)25-11-26-29)28-9-7-20(8-10-28)6-2-5-14(20)23/h1,3-4,11,14H,2,5-10,23-24H2. The number of anilines is 2. The lowest BCUT2D eigenvalue weighted by Gasteiger charge is -2.42. The van der Waals surface area contributed by atoms with Gasteiger partial charge in [-0.1, -0.05) is 47.5 Å². The van der Waals surface area contributed by atoms with Crippen LogP contribution in [0.4, 0.5) is 11.8 Å². The minimum atomic E-state index is 0.280. The van der Waals surface area contributed by atoms with Gasteiger partial charge in [0.1, 0.15) is 12.1 Å². The number of benzene rings is 1. The van der Waals surface area contributed by atoms with Crippen LogP contribution in [0.3, 0.4) is 0 Å². The summed E-state index contributed by atoms with van der Waals surface area (Å²) in [5.41, 5.74) is 13.8. The highest BCUT2D eigenvalue weighted by Gasteiger charge is 2.43. The fourth-order valence-electron chi connectivity index (χ4n) is 4.78. The van der Waals surface area contributed by atoms with E-state index in [1.807, 2.05) is 12.1 Å². The van der Waals surface area contributed by atoms with Gasteiger partial charge in [0.15, 0.2) is 5.65 Å². The average molecular weight is 464 g/mol. The highest BCUT2D eigenvalue weighted by molar-refractivity contribution is 7.99. The number of hydrogen-bond donors (Lipinski definition) is 2. The monoisotopic (exact) mass is 463 g/mol. The highest BCUT2D eigenvalue weighted by atomic mass is 35.5. The van der Waals surface area contributed by atoms with Gasteiger partial charge in [-0.15, -0.1) is 0 Å². The first-order valence-corrected chi connectivity index (χ1v) is 11.7. The second kappa shape index (κ2) is 7.75. The first-order valence-electron chi connectivity index (χ1n) is 10.1. The van der Waals surface area contributed by atoms with Crippen LogP contribution in [0, 0.1) is 5.41 Å². The Kier molecular flexibility index (Phi) is 5.21. The molecule has 30 heavy (non-hydrogen) atoms. The number of halogens is 2. The van der Waals surface area contributed by atoms with Crippen LogP contribution in [0.15, 0.2) is 34.3 Å². The average Bonchev–Trinajstić information content (AvgIpc) is 3.36. The maximum atomic E-state index is 6.44. The van der Waals surface area contributed by atoms with Crippen molar-refractivity contribution in [3.63, 3.8) is 0 Å². The van der Waals surface area contributed by atoms with Crippen LogP contribution in [-0.4, -0.2) is 38.7 Å². The van der Waals surface area contributed by atoms with E-state index in [1.54, 1.807) is 10.6 Å². The number of hydrogen-bond acceptors (Lipinski definition) is 7. The van der Waals surface area contributed by atoms with Gasteiger partial charge in [-0.2, -0.15) is 14.6 Å². The van der Waals surface area contributed by atoms with Crippen LogP contribution >= 0.6 is 35.0 Å². The maximum absolute atomic E-state index is 6.44. The third kappa shape index (κ3) is 3.30. The Labute approximate surface area is 189 Å². The summed E-state index contributed by atoms with van der Waals surface area (Å²) in [6.07, 6.45) is 7.27. The predicted octanol–water partition coefficient (Wildman–Crippen LogP) is 4.26. The van der Waals surface area contributed by atoms with Gasteiger partial charge < -0.3 is 16.4 Å². The molecule has 1 aliphatic heterocycles. The van der Waals surface area contributed by atoms with Crippen LogP contribution in [0.1, 0.15) is 32.1 Å². The summed E-state index contributed by atoms with van der Waals surface area (Å²) in [5.74, 6) is 1.13. The van der Waals surface area contributed by atoms with E-state index in [0.717, 1.165) is 43.2 Å². The first kappa shape index (κ1) is 20.2. The fourth-order valence-corrected chi connectivity index (χ4v) is 6.20. The lowest BCUT2D eigenvalue weighted by atomic mass is 9.74. The Bertz CT molecular complexity index is 1090. The Morgan fingerprint density at radius 2 is 1.97 bits per heavy atom. The molecule has 1 saturated carbocycles. The molecule has 0 amide bonds. The number of nitrogens with zero attached hydrogens (tertiary/aromatic N) is 5. The van der Waals surface area contributed by atoms with Crippen molar-refractivity contribution in [3.05, 3.63) is 34.6 Å². The van der Waals surface area contributed by atoms with E-state index in [4.69, 9.17) is 39.7 Å². The van der Waals surface area contributed by atoms with Crippen LogP contribution in [0.5, 0.6) is 0 Å². The largest absolute Gasteiger partial charge is 0.383 e. The minimum Gasteiger partial charge on any atom is -0.383 e. The van der Waals surface area contributed by atoms with Gasteiger partial charge in [0.25, 0.3) is 0 Å². The van der Waals surface area contributed by atoms with Crippen molar-refractivity contribution in [2.75, 3.05) is 23.7 Å². The van der Waals surface area contributed by atoms with Gasteiger partial charge in [-0.25, -0.2) is 4.98 Å². The second-order valence-corrected chi connectivity index (χ2v) is 9.96. The summed E-state index contributed by atoms with van der Waals surface area (Å²) in [5, 5.41) is 5.41. The minimum absolute atomic E-state index is 0.280. The van der Waals surface area contributed by atoms with Gasteiger partial charge in [0.05, 0.1) is 14.9 Å². The third-order valence-electron chi connectivity index (χ3n) is 6.54. The molecule has 1 saturated heterocycles. The molecule has 1 unspecified atom stereocenters. The van der Waals surface area contributed by atoms with Crippen LogP contribution < -0.4 is 16.4 Å². The van der Waals surface area contributed by atoms with Crippen LogP contribution in [0.2, 0.25) is 10.0 Å². The number of aromatic nitrogens is 4. The Balaban J connectivity index is 1.47. The number of rotatable bonds is 3. The highest BCUT2D eigenvalue weighted by Crippen LogP contribution is 2.46. The lowest BCUT2D eigenvalue weighted by molar-refractivity contribution is 0.196. The molecule has 10 heteroatoms. The van der Waals surface area contributed by atoms with Crippen molar-refractivity contribution in [2.45, 2.75) is 47.9 Å². The quantitative estimate of drug-likeness (QED) is 0.598. The molecule has 158 valence electrons. The molecule has 0 bridgehead atoms. The van der Waals surface area contributed by atoms with E-state index in [1.165, 1.54) is 30.9 Å². The topological polar surface area (TPSA) is 98.4 Å². The molecule has 0 radical (unpaired) electrons. The van der Waals surface area contributed by atoms with Crippen molar-refractivity contribution in [1.82, 2.24) is 19.6 Å². The van der Waals surface area contributed by atoms with Crippen LogP contribution in [-0.2, 0) is 0 Å². The molecular weight excluding hydrogens is 441 g/mol. The van der Waals surface area contributed by atoms with Crippen molar-refractivity contribution < 1.29 is 0 Å². The fraction of sp³-hybridized carbons (Fsp3) is 0.450. The molecule has 1 aliphatic carbocycles. The van der Waals surface area contributed by atoms with Gasteiger partial charge in [-0.05, 0) is 43.2 Å². The first-order chi connectivity index (χ1) is 14.5. The van der Waals surface area contributed by atoms with Gasteiger partial charge in [0, 0.05) is 24.0 Å². The maximum Gasteiger partial charge on any atom is 0.230 e. The van der Waals surface area contributed by atoms with E-state index >= 15 is 0 Å². The molecular formula is C20H23Cl2N7S. The van der Waals surface area contributed by atoms with Crippen molar-refractivity contribution in [1.29, 1.82) is 0 Å². The summed E-state index contributed by atoms with van der Waals surface area (Å²) < 4.78 is 1.77. The van der Waals surface area contributed by atoms with E-state index in [0.29, 0.717) is 32.4 Å². The van der Waals surface area contributed by atoms with Crippen molar-refractivity contribution >= 4 is 52.4 Å². The molecule has 1 spiro atoms. The normalized spacial score (nSPS) is 21.0. The molecule has 7 nitrogen and oxygen atoms in total. The summed E-state index contributed by atoms with van der Waals surface area (Å²) >= 11 is 13.9. The molecule has 2 fully saturated rings. The number of nitrogen functional groups attached to an aromatic ring is 1. The molecule has 2 aromatic heterocycles. The Morgan fingerprint density at radius 1 is 1.17 bits per heavy atom.